The highest BCUT2D eigenvalue weighted by Gasteiger charge is 2.51. The summed E-state index contributed by atoms with van der Waals surface area (Å²) >= 11 is 0. The van der Waals surface area contributed by atoms with Crippen molar-refractivity contribution in [2.45, 2.75) is 44.9 Å². The Morgan fingerprint density at radius 3 is 2.10 bits per heavy atom. The van der Waals surface area contributed by atoms with Crippen LogP contribution in [0.4, 0.5) is 0 Å². The minimum absolute atomic E-state index is 0.742. The molecular formula is C19H28N+. The van der Waals surface area contributed by atoms with Crippen molar-refractivity contribution in [3.05, 3.63) is 35.9 Å². The summed E-state index contributed by atoms with van der Waals surface area (Å²) in [4.78, 5) is 0. The molecule has 0 amide bonds. The summed E-state index contributed by atoms with van der Waals surface area (Å²) in [7, 11) is 0. The number of nitrogens with two attached hydrogens (primary N) is 1. The van der Waals surface area contributed by atoms with Gasteiger partial charge in [-0.1, -0.05) is 30.3 Å². The van der Waals surface area contributed by atoms with Crippen molar-refractivity contribution in [3.8, 4) is 0 Å². The largest absolute Gasteiger partial charge is 0.346 e. The predicted molar refractivity (Wildman–Crippen MR) is 82.4 cm³/mol. The lowest BCUT2D eigenvalue weighted by Gasteiger charge is -2.56. The quantitative estimate of drug-likeness (QED) is 0.792. The van der Waals surface area contributed by atoms with Gasteiger partial charge in [-0.05, 0) is 61.8 Å². The van der Waals surface area contributed by atoms with Crippen molar-refractivity contribution in [1.82, 2.24) is 0 Å². The average molecular weight is 270 g/mol. The van der Waals surface area contributed by atoms with Gasteiger partial charge >= 0.3 is 0 Å². The van der Waals surface area contributed by atoms with Crippen LogP contribution >= 0.6 is 0 Å². The van der Waals surface area contributed by atoms with Crippen LogP contribution in [-0.2, 0) is 6.42 Å². The van der Waals surface area contributed by atoms with Gasteiger partial charge in [-0.25, -0.2) is 0 Å². The van der Waals surface area contributed by atoms with Gasteiger partial charge in [-0.3, -0.25) is 0 Å². The fourth-order valence-corrected chi connectivity index (χ4v) is 5.86. The molecule has 4 aliphatic rings. The Bertz CT molecular complexity index is 415. The molecule has 0 unspecified atom stereocenters. The van der Waals surface area contributed by atoms with E-state index in [1.165, 1.54) is 25.1 Å². The lowest BCUT2D eigenvalue weighted by molar-refractivity contribution is -0.668. The molecule has 4 bridgehead atoms. The van der Waals surface area contributed by atoms with E-state index in [0.29, 0.717) is 0 Å². The van der Waals surface area contributed by atoms with E-state index in [0.717, 1.165) is 23.2 Å². The van der Waals surface area contributed by atoms with Crippen LogP contribution in [0.2, 0.25) is 0 Å². The molecule has 1 heteroatoms. The van der Waals surface area contributed by atoms with Crippen molar-refractivity contribution in [3.63, 3.8) is 0 Å². The molecule has 1 nitrogen and oxygen atoms in total. The van der Waals surface area contributed by atoms with Gasteiger partial charge in [0, 0.05) is 11.8 Å². The molecule has 5 rings (SSSR count). The summed E-state index contributed by atoms with van der Waals surface area (Å²) < 4.78 is 0. The zero-order valence-corrected chi connectivity index (χ0v) is 12.6. The van der Waals surface area contributed by atoms with Gasteiger partial charge in [0.05, 0.1) is 13.1 Å². The summed E-state index contributed by atoms with van der Waals surface area (Å²) in [6, 6.07) is 11.0. The highest BCUT2D eigenvalue weighted by molar-refractivity contribution is 5.14. The van der Waals surface area contributed by atoms with Crippen LogP contribution in [0.3, 0.4) is 0 Å². The predicted octanol–water partition coefficient (Wildman–Crippen LogP) is 3.01. The number of rotatable bonds is 5. The molecule has 0 saturated heterocycles. The number of hydrogen-bond acceptors (Lipinski definition) is 0. The van der Waals surface area contributed by atoms with Crippen molar-refractivity contribution < 1.29 is 5.32 Å². The van der Waals surface area contributed by atoms with Crippen molar-refractivity contribution in [2.75, 3.05) is 13.1 Å². The van der Waals surface area contributed by atoms with Crippen LogP contribution in [0.25, 0.3) is 0 Å². The van der Waals surface area contributed by atoms with E-state index >= 15 is 0 Å². The van der Waals surface area contributed by atoms with Crippen LogP contribution in [-0.4, -0.2) is 13.1 Å². The zero-order valence-electron chi connectivity index (χ0n) is 12.6. The monoisotopic (exact) mass is 270 g/mol. The van der Waals surface area contributed by atoms with E-state index in [9.17, 15) is 0 Å². The Kier molecular flexibility index (Phi) is 3.34. The Labute approximate surface area is 123 Å². The van der Waals surface area contributed by atoms with E-state index in [4.69, 9.17) is 0 Å². The van der Waals surface area contributed by atoms with E-state index in [1.807, 2.05) is 0 Å². The highest BCUT2D eigenvalue weighted by Crippen LogP contribution is 2.59. The molecule has 1 aromatic carbocycles. The second kappa shape index (κ2) is 5.18. The zero-order chi connectivity index (χ0) is 13.4. The maximum absolute atomic E-state index is 2.63. The smallest absolute Gasteiger partial charge is 0.0812 e. The van der Waals surface area contributed by atoms with E-state index in [1.54, 1.807) is 38.5 Å². The Hall–Kier alpha value is -0.820. The van der Waals surface area contributed by atoms with Crippen LogP contribution < -0.4 is 5.32 Å². The van der Waals surface area contributed by atoms with Gasteiger partial charge in [0.2, 0.25) is 0 Å². The third-order valence-electron chi connectivity index (χ3n) is 6.22. The first kappa shape index (κ1) is 12.9. The standard InChI is InChI=1S/C19H27N/c1-2-4-15(5-3-1)6-7-20-14-19-11-16-8-17(12-19)10-18(9-16)13-19/h1-5,16-18,20H,6-14H2/p+1. The van der Waals surface area contributed by atoms with Gasteiger partial charge < -0.3 is 5.32 Å². The van der Waals surface area contributed by atoms with Gasteiger partial charge in [0.15, 0.2) is 0 Å². The van der Waals surface area contributed by atoms with Gasteiger partial charge in [-0.15, -0.1) is 0 Å². The minimum Gasteiger partial charge on any atom is -0.346 e. The summed E-state index contributed by atoms with van der Waals surface area (Å²) in [5.41, 5.74) is 2.24. The SMILES string of the molecule is c1ccc(CC[NH2+]CC23CC4CC(CC(C4)C2)C3)cc1. The van der Waals surface area contributed by atoms with E-state index in [-0.39, 0.29) is 0 Å². The molecule has 4 fully saturated rings. The number of quaternary nitrogens is 1. The second-order valence-electron chi connectivity index (χ2n) is 7.93. The number of benzene rings is 1. The Morgan fingerprint density at radius 1 is 0.900 bits per heavy atom. The molecule has 0 aromatic heterocycles. The molecule has 0 aliphatic heterocycles. The normalized spacial score (nSPS) is 38.3. The maximum Gasteiger partial charge on any atom is 0.0812 e. The first-order valence-electron chi connectivity index (χ1n) is 8.67. The molecule has 0 heterocycles. The third-order valence-corrected chi connectivity index (χ3v) is 6.22. The molecule has 0 atom stereocenters. The molecule has 20 heavy (non-hydrogen) atoms. The van der Waals surface area contributed by atoms with Gasteiger partial charge in [-0.2, -0.15) is 0 Å². The van der Waals surface area contributed by atoms with Crippen LogP contribution in [0.15, 0.2) is 30.3 Å². The van der Waals surface area contributed by atoms with E-state index in [2.05, 4.69) is 35.6 Å². The molecular weight excluding hydrogens is 242 g/mol. The van der Waals surface area contributed by atoms with Crippen molar-refractivity contribution in [1.29, 1.82) is 0 Å². The summed E-state index contributed by atoms with van der Waals surface area (Å²) in [5.74, 6) is 3.30. The number of hydrogen-bond donors (Lipinski definition) is 1. The Balaban J connectivity index is 1.29. The molecule has 4 aliphatic carbocycles. The lowest BCUT2D eigenvalue weighted by atomic mass is 9.49. The van der Waals surface area contributed by atoms with Crippen LogP contribution in [0.1, 0.15) is 44.1 Å². The van der Waals surface area contributed by atoms with Crippen molar-refractivity contribution in [2.24, 2.45) is 23.2 Å². The molecule has 2 N–H and O–H groups in total. The summed E-state index contributed by atoms with van der Waals surface area (Å²) in [6.07, 6.45) is 10.6. The van der Waals surface area contributed by atoms with Crippen LogP contribution in [0, 0.1) is 23.2 Å². The maximum atomic E-state index is 2.63. The highest BCUT2D eigenvalue weighted by atomic mass is 14.9. The fraction of sp³-hybridized carbons (Fsp3) is 0.684. The first-order chi connectivity index (χ1) is 9.81. The fourth-order valence-electron chi connectivity index (χ4n) is 5.86. The molecule has 0 radical (unpaired) electrons. The lowest BCUT2D eigenvalue weighted by Crippen LogP contribution is -2.88. The first-order valence-corrected chi connectivity index (χ1v) is 8.67. The second-order valence-corrected chi connectivity index (χ2v) is 7.93. The topological polar surface area (TPSA) is 16.6 Å². The minimum atomic E-state index is 0.742. The Morgan fingerprint density at radius 2 is 1.50 bits per heavy atom. The van der Waals surface area contributed by atoms with Crippen molar-refractivity contribution >= 4 is 0 Å². The third kappa shape index (κ3) is 2.53. The average Bonchev–Trinajstić information content (AvgIpc) is 2.43. The van der Waals surface area contributed by atoms with Crippen LogP contribution in [0.5, 0.6) is 0 Å². The molecule has 4 saturated carbocycles. The molecule has 0 spiro atoms. The van der Waals surface area contributed by atoms with E-state index < -0.39 is 0 Å². The summed E-state index contributed by atoms with van der Waals surface area (Å²) in [5, 5.41) is 2.63. The van der Waals surface area contributed by atoms with Gasteiger partial charge in [0.1, 0.15) is 0 Å². The molecule has 1 aromatic rings. The van der Waals surface area contributed by atoms with Gasteiger partial charge in [0.25, 0.3) is 0 Å². The molecule has 108 valence electrons. The summed E-state index contributed by atoms with van der Waals surface area (Å²) in [6.45, 7) is 2.68.